The van der Waals surface area contributed by atoms with E-state index in [1.165, 1.54) is 12.1 Å². The van der Waals surface area contributed by atoms with Gasteiger partial charge in [-0.2, -0.15) is 0 Å². The van der Waals surface area contributed by atoms with Crippen molar-refractivity contribution in [3.05, 3.63) is 89.9 Å². The maximum Gasteiger partial charge on any atom is 0.205 e. The lowest BCUT2D eigenvalue weighted by atomic mass is 10.0. The van der Waals surface area contributed by atoms with E-state index in [4.69, 9.17) is 11.6 Å². The molecule has 0 aliphatic rings. The number of hydrogen-bond acceptors (Lipinski definition) is 4. The molecule has 7 heteroatoms. The van der Waals surface area contributed by atoms with Crippen molar-refractivity contribution in [2.75, 3.05) is 14.1 Å². The van der Waals surface area contributed by atoms with Crippen molar-refractivity contribution >= 4 is 23.0 Å². The molecule has 0 fully saturated rings. The van der Waals surface area contributed by atoms with Crippen LogP contribution in [0, 0.1) is 5.82 Å². The van der Waals surface area contributed by atoms with E-state index in [9.17, 15) is 9.18 Å². The van der Waals surface area contributed by atoms with Crippen LogP contribution in [0.1, 0.15) is 10.5 Å². The first-order valence-electron chi connectivity index (χ1n) is 9.21. The molecule has 3 heterocycles. The van der Waals surface area contributed by atoms with Crippen LogP contribution in [0.4, 0.5) is 4.39 Å². The number of pyridine rings is 2. The number of benzene rings is 1. The monoisotopic (exact) mass is 420 g/mol. The molecule has 150 valence electrons. The summed E-state index contributed by atoms with van der Waals surface area (Å²) in [7, 11) is 3.70. The summed E-state index contributed by atoms with van der Waals surface area (Å²) >= 11 is 5.97. The Balaban J connectivity index is 1.82. The smallest absolute Gasteiger partial charge is 0.205 e. The van der Waals surface area contributed by atoms with Crippen molar-refractivity contribution in [2.45, 2.75) is 0 Å². The fourth-order valence-corrected chi connectivity index (χ4v) is 3.32. The molecule has 1 aromatic carbocycles. The molecule has 5 nitrogen and oxygen atoms in total. The highest BCUT2D eigenvalue weighted by molar-refractivity contribution is 6.31. The van der Waals surface area contributed by atoms with E-state index < -0.39 is 5.82 Å². The number of imidazole rings is 1. The van der Waals surface area contributed by atoms with E-state index in [-0.39, 0.29) is 10.8 Å². The number of ketones is 1. The van der Waals surface area contributed by atoms with E-state index in [1.807, 2.05) is 44.6 Å². The van der Waals surface area contributed by atoms with Gasteiger partial charge >= 0.3 is 0 Å². The summed E-state index contributed by atoms with van der Waals surface area (Å²) in [6.07, 6.45) is 8.29. The van der Waals surface area contributed by atoms with Crippen LogP contribution in [-0.4, -0.2) is 39.1 Å². The van der Waals surface area contributed by atoms with Gasteiger partial charge in [0, 0.05) is 55.5 Å². The SMILES string of the molecule is CN(C)/C=C/C(=O)c1cnc2ccc(-c3cccnc3-c3ccc(F)c(Cl)c3)cn12. The van der Waals surface area contributed by atoms with Crippen LogP contribution in [0.5, 0.6) is 0 Å². The van der Waals surface area contributed by atoms with Gasteiger partial charge in [0.15, 0.2) is 0 Å². The minimum absolute atomic E-state index is 0.0368. The Labute approximate surface area is 178 Å². The second-order valence-corrected chi connectivity index (χ2v) is 7.37. The maximum absolute atomic E-state index is 13.6. The van der Waals surface area contributed by atoms with Gasteiger partial charge in [-0.15, -0.1) is 0 Å². The fraction of sp³-hybridized carbons (Fsp3) is 0.0870. The summed E-state index contributed by atoms with van der Waals surface area (Å²) in [6, 6.07) is 12.0. The zero-order valence-corrected chi connectivity index (χ0v) is 17.1. The van der Waals surface area contributed by atoms with Gasteiger partial charge in [-0.05, 0) is 36.4 Å². The Morgan fingerprint density at radius 2 is 1.93 bits per heavy atom. The number of carbonyl (C=O) groups is 1. The van der Waals surface area contributed by atoms with Gasteiger partial charge in [0.25, 0.3) is 0 Å². The number of aromatic nitrogens is 3. The topological polar surface area (TPSA) is 50.5 Å². The zero-order valence-electron chi connectivity index (χ0n) is 16.4. The molecular formula is C23H18ClFN4O. The predicted molar refractivity (Wildman–Crippen MR) is 116 cm³/mol. The highest BCUT2D eigenvalue weighted by Gasteiger charge is 2.14. The summed E-state index contributed by atoms with van der Waals surface area (Å²) in [5.41, 5.74) is 4.16. The Bertz CT molecular complexity index is 1280. The van der Waals surface area contributed by atoms with Crippen LogP contribution < -0.4 is 0 Å². The third-order valence-electron chi connectivity index (χ3n) is 4.59. The van der Waals surface area contributed by atoms with Gasteiger partial charge in [-0.3, -0.25) is 14.2 Å². The zero-order chi connectivity index (χ0) is 21.3. The molecule has 3 aromatic heterocycles. The Hall–Kier alpha value is -3.51. The number of nitrogens with zero attached hydrogens (tertiary/aromatic N) is 4. The molecule has 0 atom stereocenters. The van der Waals surface area contributed by atoms with Gasteiger partial charge in [0.1, 0.15) is 17.2 Å². The van der Waals surface area contributed by atoms with Crippen molar-refractivity contribution in [3.63, 3.8) is 0 Å². The number of allylic oxidation sites excluding steroid dienone is 1. The first kappa shape index (κ1) is 19.8. The second-order valence-electron chi connectivity index (χ2n) is 6.96. The number of rotatable bonds is 5. The molecule has 0 saturated carbocycles. The predicted octanol–water partition coefficient (Wildman–Crippen LogP) is 5.11. The van der Waals surface area contributed by atoms with Crippen molar-refractivity contribution < 1.29 is 9.18 Å². The molecule has 0 radical (unpaired) electrons. The van der Waals surface area contributed by atoms with Crippen LogP contribution >= 0.6 is 11.6 Å². The molecule has 0 saturated heterocycles. The lowest BCUT2D eigenvalue weighted by molar-refractivity contribution is 0.104. The normalized spacial score (nSPS) is 11.3. The van der Waals surface area contributed by atoms with Crippen LogP contribution in [0.15, 0.2) is 73.3 Å². The summed E-state index contributed by atoms with van der Waals surface area (Å²) in [5.74, 6) is -0.628. The van der Waals surface area contributed by atoms with Gasteiger partial charge in [0.2, 0.25) is 5.78 Å². The molecule has 0 aliphatic heterocycles. The molecule has 4 aromatic rings. The first-order chi connectivity index (χ1) is 14.4. The molecule has 0 bridgehead atoms. The van der Waals surface area contributed by atoms with Crippen LogP contribution in [-0.2, 0) is 0 Å². The molecule has 0 aliphatic carbocycles. The molecule has 0 N–H and O–H groups in total. The van der Waals surface area contributed by atoms with E-state index in [0.29, 0.717) is 22.6 Å². The maximum atomic E-state index is 13.6. The summed E-state index contributed by atoms with van der Waals surface area (Å²) < 4.78 is 15.4. The van der Waals surface area contributed by atoms with Gasteiger partial charge < -0.3 is 4.90 Å². The van der Waals surface area contributed by atoms with Crippen LogP contribution in [0.25, 0.3) is 28.0 Å². The second kappa shape index (κ2) is 8.08. The molecular weight excluding hydrogens is 403 g/mol. The standard InChI is InChI=1S/C23H18ClFN4O/c1-28(2)11-9-21(30)20-13-27-22-8-6-16(14-29(20)22)17-4-3-10-26-23(17)15-5-7-19(25)18(24)12-15/h3-14H,1-2H3/b11-9+. The van der Waals surface area contributed by atoms with Gasteiger partial charge in [-0.1, -0.05) is 17.7 Å². The Morgan fingerprint density at radius 3 is 2.70 bits per heavy atom. The summed E-state index contributed by atoms with van der Waals surface area (Å²) in [5, 5.41) is 0.0368. The number of hydrogen-bond donors (Lipinski definition) is 0. The lowest BCUT2D eigenvalue weighted by Gasteiger charge is -2.10. The largest absolute Gasteiger partial charge is 0.383 e. The average Bonchev–Trinajstić information content (AvgIpc) is 3.17. The molecule has 0 amide bonds. The van der Waals surface area contributed by atoms with Crippen LogP contribution in [0.2, 0.25) is 5.02 Å². The van der Waals surface area contributed by atoms with E-state index in [1.54, 1.807) is 40.0 Å². The third-order valence-corrected chi connectivity index (χ3v) is 4.88. The van der Waals surface area contributed by atoms with Gasteiger partial charge in [0.05, 0.1) is 16.9 Å². The molecule has 30 heavy (non-hydrogen) atoms. The quantitative estimate of drug-likeness (QED) is 0.332. The highest BCUT2D eigenvalue weighted by atomic mass is 35.5. The third kappa shape index (κ3) is 3.82. The van der Waals surface area contributed by atoms with Crippen molar-refractivity contribution in [2.24, 2.45) is 0 Å². The minimum Gasteiger partial charge on any atom is -0.383 e. The van der Waals surface area contributed by atoms with E-state index >= 15 is 0 Å². The highest BCUT2D eigenvalue weighted by Crippen LogP contribution is 2.32. The first-order valence-corrected chi connectivity index (χ1v) is 9.59. The van der Waals surface area contributed by atoms with E-state index in [0.717, 1.165) is 11.1 Å². The Morgan fingerprint density at radius 1 is 1.13 bits per heavy atom. The summed E-state index contributed by atoms with van der Waals surface area (Å²) in [6.45, 7) is 0. The summed E-state index contributed by atoms with van der Waals surface area (Å²) in [4.78, 5) is 23.2. The molecule has 4 rings (SSSR count). The lowest BCUT2D eigenvalue weighted by Crippen LogP contribution is -2.05. The average molecular weight is 421 g/mol. The number of halogens is 2. The molecule has 0 spiro atoms. The number of fused-ring (bicyclic) bond motifs is 1. The van der Waals surface area contributed by atoms with Crippen molar-refractivity contribution in [3.8, 4) is 22.4 Å². The van der Waals surface area contributed by atoms with Crippen LogP contribution in [0.3, 0.4) is 0 Å². The number of carbonyl (C=O) groups excluding carboxylic acids is 1. The van der Waals surface area contributed by atoms with E-state index in [2.05, 4.69) is 9.97 Å². The van der Waals surface area contributed by atoms with Crippen molar-refractivity contribution in [1.82, 2.24) is 19.3 Å². The van der Waals surface area contributed by atoms with Crippen molar-refractivity contribution in [1.29, 1.82) is 0 Å². The minimum atomic E-state index is -0.480. The fourth-order valence-electron chi connectivity index (χ4n) is 3.14. The Kier molecular flexibility index (Phi) is 5.33. The van der Waals surface area contributed by atoms with Gasteiger partial charge in [-0.25, -0.2) is 9.37 Å². The molecule has 0 unspecified atom stereocenters.